The Kier molecular flexibility index (Phi) is 4.52. The summed E-state index contributed by atoms with van der Waals surface area (Å²) in [7, 11) is -3.70. The van der Waals surface area contributed by atoms with Crippen molar-refractivity contribution in [3.63, 3.8) is 0 Å². The van der Waals surface area contributed by atoms with Crippen LogP contribution in [0.2, 0.25) is 0 Å². The van der Waals surface area contributed by atoms with E-state index in [1.807, 2.05) is 31.2 Å². The SMILES string of the molecule is CCc1ccccc1S(=O)(=O)Nc1ccc(-c2ccccn2)nn1. The maximum absolute atomic E-state index is 12.5. The quantitative estimate of drug-likeness (QED) is 0.772. The number of hydrogen-bond donors (Lipinski definition) is 1. The highest BCUT2D eigenvalue weighted by Crippen LogP contribution is 2.20. The van der Waals surface area contributed by atoms with Crippen molar-refractivity contribution >= 4 is 15.8 Å². The molecule has 0 aliphatic heterocycles. The first-order chi connectivity index (χ1) is 11.6. The van der Waals surface area contributed by atoms with Crippen molar-refractivity contribution in [1.29, 1.82) is 0 Å². The molecule has 3 aromatic rings. The van der Waals surface area contributed by atoms with Crippen molar-refractivity contribution < 1.29 is 8.42 Å². The number of aromatic nitrogens is 3. The molecule has 0 atom stereocenters. The molecule has 0 saturated heterocycles. The predicted molar refractivity (Wildman–Crippen MR) is 91.9 cm³/mol. The van der Waals surface area contributed by atoms with Crippen molar-refractivity contribution in [2.24, 2.45) is 0 Å². The van der Waals surface area contributed by atoms with Gasteiger partial charge in [-0.2, -0.15) is 0 Å². The lowest BCUT2D eigenvalue weighted by Gasteiger charge is -2.10. The topological polar surface area (TPSA) is 84.8 Å². The predicted octanol–water partition coefficient (Wildman–Crippen LogP) is 2.90. The van der Waals surface area contributed by atoms with Gasteiger partial charge in [0.25, 0.3) is 10.0 Å². The van der Waals surface area contributed by atoms with Gasteiger partial charge < -0.3 is 0 Å². The van der Waals surface area contributed by atoms with E-state index in [2.05, 4.69) is 19.9 Å². The first-order valence-corrected chi connectivity index (χ1v) is 8.94. The van der Waals surface area contributed by atoms with Crippen LogP contribution >= 0.6 is 0 Å². The minimum Gasteiger partial charge on any atom is -0.262 e. The molecule has 7 heteroatoms. The molecule has 1 aromatic carbocycles. The van der Waals surface area contributed by atoms with Crippen molar-refractivity contribution in [3.05, 3.63) is 66.4 Å². The minimum atomic E-state index is -3.70. The summed E-state index contributed by atoms with van der Waals surface area (Å²) in [6, 6.07) is 15.6. The molecule has 1 N–H and O–H groups in total. The molecule has 24 heavy (non-hydrogen) atoms. The molecule has 2 heterocycles. The minimum absolute atomic E-state index is 0.167. The van der Waals surface area contributed by atoms with Crippen molar-refractivity contribution in [2.45, 2.75) is 18.2 Å². The van der Waals surface area contributed by atoms with Gasteiger partial charge in [-0.1, -0.05) is 31.2 Å². The molecule has 0 unspecified atom stereocenters. The van der Waals surface area contributed by atoms with Gasteiger partial charge in [0, 0.05) is 6.20 Å². The third-order valence-electron chi connectivity index (χ3n) is 3.47. The van der Waals surface area contributed by atoms with Crippen LogP contribution in [0.25, 0.3) is 11.4 Å². The number of nitrogens with one attached hydrogen (secondary N) is 1. The molecule has 0 amide bonds. The van der Waals surface area contributed by atoms with E-state index in [1.54, 1.807) is 36.5 Å². The van der Waals surface area contributed by atoms with Gasteiger partial charge in [0.05, 0.1) is 10.6 Å². The van der Waals surface area contributed by atoms with E-state index in [0.29, 0.717) is 17.8 Å². The fraction of sp³-hybridized carbons (Fsp3) is 0.118. The number of hydrogen-bond acceptors (Lipinski definition) is 5. The summed E-state index contributed by atoms with van der Waals surface area (Å²) in [6.07, 6.45) is 2.29. The second-order valence-corrected chi connectivity index (χ2v) is 6.74. The first-order valence-electron chi connectivity index (χ1n) is 7.46. The number of benzene rings is 1. The van der Waals surface area contributed by atoms with Crippen LogP contribution in [0.3, 0.4) is 0 Å². The highest BCUT2D eigenvalue weighted by atomic mass is 32.2. The lowest BCUT2D eigenvalue weighted by Crippen LogP contribution is -2.16. The molecule has 0 fully saturated rings. The van der Waals surface area contributed by atoms with E-state index in [-0.39, 0.29) is 10.7 Å². The number of nitrogens with zero attached hydrogens (tertiary/aromatic N) is 3. The molecule has 0 aliphatic carbocycles. The Labute approximate surface area is 140 Å². The van der Waals surface area contributed by atoms with Crippen LogP contribution in [0, 0.1) is 0 Å². The zero-order valence-electron chi connectivity index (χ0n) is 13.0. The number of pyridine rings is 1. The van der Waals surface area contributed by atoms with E-state index in [4.69, 9.17) is 0 Å². The maximum Gasteiger partial charge on any atom is 0.263 e. The Morgan fingerprint density at radius 1 is 0.917 bits per heavy atom. The van der Waals surface area contributed by atoms with E-state index in [0.717, 1.165) is 5.56 Å². The fourth-order valence-electron chi connectivity index (χ4n) is 2.29. The monoisotopic (exact) mass is 340 g/mol. The lowest BCUT2D eigenvalue weighted by molar-refractivity contribution is 0.600. The molecular formula is C17H16N4O2S. The molecule has 3 rings (SSSR count). The highest BCUT2D eigenvalue weighted by Gasteiger charge is 2.18. The Hall–Kier alpha value is -2.80. The molecule has 0 saturated carbocycles. The molecule has 0 radical (unpaired) electrons. The van der Waals surface area contributed by atoms with Gasteiger partial charge in [-0.25, -0.2) is 8.42 Å². The van der Waals surface area contributed by atoms with Gasteiger partial charge >= 0.3 is 0 Å². The molecule has 6 nitrogen and oxygen atoms in total. The lowest BCUT2D eigenvalue weighted by atomic mass is 10.2. The van der Waals surface area contributed by atoms with Crippen LogP contribution in [-0.2, 0) is 16.4 Å². The Balaban J connectivity index is 1.86. The third-order valence-corrected chi connectivity index (χ3v) is 4.93. The van der Waals surface area contributed by atoms with Gasteiger partial charge in [-0.3, -0.25) is 9.71 Å². The van der Waals surface area contributed by atoms with E-state index in [1.165, 1.54) is 0 Å². The summed E-state index contributed by atoms with van der Waals surface area (Å²) in [5, 5.41) is 7.97. The number of sulfonamides is 1. The number of aryl methyl sites for hydroxylation is 1. The Morgan fingerprint density at radius 3 is 2.38 bits per heavy atom. The summed E-state index contributed by atoms with van der Waals surface area (Å²) < 4.78 is 27.6. The third kappa shape index (κ3) is 3.41. The van der Waals surface area contributed by atoms with Crippen LogP contribution in [-0.4, -0.2) is 23.6 Å². The average Bonchev–Trinajstić information content (AvgIpc) is 2.63. The van der Waals surface area contributed by atoms with Crippen molar-refractivity contribution in [3.8, 4) is 11.4 Å². The standard InChI is InChI=1S/C17H16N4O2S/c1-2-13-7-3-4-9-16(13)24(22,23)21-17-11-10-15(19-20-17)14-8-5-6-12-18-14/h3-12H,2H2,1H3,(H,20,21). The summed E-state index contributed by atoms with van der Waals surface area (Å²) in [4.78, 5) is 4.44. The van der Waals surface area contributed by atoms with Crippen LogP contribution < -0.4 is 4.72 Å². The summed E-state index contributed by atoms with van der Waals surface area (Å²) in [5.74, 6) is 0.167. The molecule has 0 aliphatic rings. The highest BCUT2D eigenvalue weighted by molar-refractivity contribution is 7.92. The van der Waals surface area contributed by atoms with E-state index in [9.17, 15) is 8.42 Å². The van der Waals surface area contributed by atoms with Crippen LogP contribution in [0.5, 0.6) is 0 Å². The zero-order valence-corrected chi connectivity index (χ0v) is 13.9. The number of anilines is 1. The summed E-state index contributed by atoms with van der Waals surface area (Å²) in [6.45, 7) is 1.91. The Bertz CT molecular complexity index is 926. The largest absolute Gasteiger partial charge is 0.263 e. The van der Waals surface area contributed by atoms with Crippen LogP contribution in [0.15, 0.2) is 65.7 Å². The van der Waals surface area contributed by atoms with Gasteiger partial charge in [-0.15, -0.1) is 10.2 Å². The van der Waals surface area contributed by atoms with Gasteiger partial charge in [-0.05, 0) is 42.3 Å². The zero-order chi connectivity index (χ0) is 17.0. The van der Waals surface area contributed by atoms with Crippen molar-refractivity contribution in [2.75, 3.05) is 4.72 Å². The first kappa shape index (κ1) is 16.1. The van der Waals surface area contributed by atoms with Crippen LogP contribution in [0.4, 0.5) is 5.82 Å². The summed E-state index contributed by atoms with van der Waals surface area (Å²) >= 11 is 0. The van der Waals surface area contributed by atoms with Gasteiger partial charge in [0.15, 0.2) is 5.82 Å². The van der Waals surface area contributed by atoms with E-state index >= 15 is 0 Å². The Morgan fingerprint density at radius 2 is 1.71 bits per heavy atom. The molecule has 122 valence electrons. The molecular weight excluding hydrogens is 324 g/mol. The molecule has 2 aromatic heterocycles. The van der Waals surface area contributed by atoms with Gasteiger partial charge in [0.1, 0.15) is 5.69 Å². The number of rotatable bonds is 5. The second kappa shape index (κ2) is 6.76. The smallest absolute Gasteiger partial charge is 0.262 e. The van der Waals surface area contributed by atoms with E-state index < -0.39 is 10.0 Å². The second-order valence-electron chi connectivity index (χ2n) is 5.09. The normalized spacial score (nSPS) is 11.2. The molecule has 0 bridgehead atoms. The average molecular weight is 340 g/mol. The van der Waals surface area contributed by atoms with Crippen LogP contribution in [0.1, 0.15) is 12.5 Å². The maximum atomic E-state index is 12.5. The fourth-order valence-corrected chi connectivity index (χ4v) is 3.60. The molecule has 0 spiro atoms. The van der Waals surface area contributed by atoms with Gasteiger partial charge in [0.2, 0.25) is 0 Å². The summed E-state index contributed by atoms with van der Waals surface area (Å²) in [5.41, 5.74) is 2.01. The van der Waals surface area contributed by atoms with Crippen molar-refractivity contribution in [1.82, 2.24) is 15.2 Å².